The van der Waals surface area contributed by atoms with Crippen molar-refractivity contribution in [1.29, 1.82) is 5.26 Å². The lowest BCUT2D eigenvalue weighted by Crippen LogP contribution is -2.01. The van der Waals surface area contributed by atoms with E-state index in [4.69, 9.17) is 19.9 Å². The first-order valence-corrected chi connectivity index (χ1v) is 8.29. The highest BCUT2D eigenvalue weighted by Crippen LogP contribution is 2.42. The van der Waals surface area contributed by atoms with E-state index in [2.05, 4.69) is 11.1 Å². The summed E-state index contributed by atoms with van der Waals surface area (Å²) in [5.41, 5.74) is 8.54. The van der Waals surface area contributed by atoms with Crippen molar-refractivity contribution in [2.24, 2.45) is 0 Å². The van der Waals surface area contributed by atoms with Crippen molar-refractivity contribution in [3.05, 3.63) is 53.8 Å². The fourth-order valence-corrected chi connectivity index (χ4v) is 2.90. The molecular formula is C21H18FN3O3. The van der Waals surface area contributed by atoms with Crippen LogP contribution in [0.4, 0.5) is 10.2 Å². The van der Waals surface area contributed by atoms with E-state index in [0.29, 0.717) is 39.6 Å². The molecule has 0 aliphatic heterocycles. The monoisotopic (exact) mass is 379 g/mol. The number of benzene rings is 2. The summed E-state index contributed by atoms with van der Waals surface area (Å²) in [6, 6.07) is 13.0. The molecular weight excluding hydrogens is 361 g/mol. The summed E-state index contributed by atoms with van der Waals surface area (Å²) in [4.78, 5) is 4.30. The van der Waals surface area contributed by atoms with Crippen LogP contribution in [0.1, 0.15) is 5.56 Å². The lowest BCUT2D eigenvalue weighted by Gasteiger charge is -2.16. The SMILES string of the molecule is COc1cc(OC)c(-c2cc(-c3ccc(F)cc3)nc(N)c2C#N)cc1OC. The predicted molar refractivity (Wildman–Crippen MR) is 104 cm³/mol. The molecule has 7 heteroatoms. The topological polar surface area (TPSA) is 90.4 Å². The minimum Gasteiger partial charge on any atom is -0.496 e. The molecule has 0 saturated heterocycles. The number of rotatable bonds is 5. The highest BCUT2D eigenvalue weighted by Gasteiger charge is 2.19. The normalized spacial score (nSPS) is 10.2. The van der Waals surface area contributed by atoms with Crippen molar-refractivity contribution >= 4 is 5.82 Å². The van der Waals surface area contributed by atoms with E-state index in [1.165, 1.54) is 33.5 Å². The zero-order valence-electron chi connectivity index (χ0n) is 15.6. The highest BCUT2D eigenvalue weighted by atomic mass is 19.1. The molecule has 0 aliphatic carbocycles. The Morgan fingerprint density at radius 2 is 1.50 bits per heavy atom. The lowest BCUT2D eigenvalue weighted by atomic mass is 9.97. The third-order valence-electron chi connectivity index (χ3n) is 4.30. The first-order chi connectivity index (χ1) is 13.5. The molecule has 2 N–H and O–H groups in total. The van der Waals surface area contributed by atoms with Crippen LogP contribution in [0.3, 0.4) is 0 Å². The van der Waals surface area contributed by atoms with Gasteiger partial charge >= 0.3 is 0 Å². The molecule has 0 fully saturated rings. The Morgan fingerprint density at radius 1 is 0.893 bits per heavy atom. The highest BCUT2D eigenvalue weighted by molar-refractivity contribution is 5.84. The number of methoxy groups -OCH3 is 3. The van der Waals surface area contributed by atoms with Gasteiger partial charge in [0.05, 0.1) is 27.0 Å². The number of anilines is 1. The molecule has 2 aromatic carbocycles. The molecule has 28 heavy (non-hydrogen) atoms. The fraction of sp³-hybridized carbons (Fsp3) is 0.143. The van der Waals surface area contributed by atoms with Gasteiger partial charge in [0, 0.05) is 22.8 Å². The molecule has 0 aliphatic rings. The quantitative estimate of drug-likeness (QED) is 0.720. The van der Waals surface area contributed by atoms with Gasteiger partial charge in [0.25, 0.3) is 0 Å². The Balaban J connectivity index is 2.29. The van der Waals surface area contributed by atoms with E-state index in [0.717, 1.165) is 0 Å². The third kappa shape index (κ3) is 3.40. The Morgan fingerprint density at radius 3 is 2.07 bits per heavy atom. The Bertz CT molecular complexity index is 1060. The van der Waals surface area contributed by atoms with E-state index in [9.17, 15) is 9.65 Å². The maximum Gasteiger partial charge on any atom is 0.164 e. The maximum atomic E-state index is 13.3. The second-order valence-corrected chi connectivity index (χ2v) is 5.84. The molecule has 0 spiro atoms. The minimum atomic E-state index is -0.354. The number of nitrogens with two attached hydrogens (primary N) is 1. The standard InChI is InChI=1S/C21H18FN3O3/c1-26-18-10-20(28-3)19(27-2)9-15(18)14-8-17(25-21(24)16(14)11-23)12-4-6-13(22)7-5-12/h4-10H,1-3H3,(H2,24,25). The summed E-state index contributed by atoms with van der Waals surface area (Å²) in [6.45, 7) is 0. The van der Waals surface area contributed by atoms with Crippen molar-refractivity contribution in [1.82, 2.24) is 4.98 Å². The van der Waals surface area contributed by atoms with Crippen molar-refractivity contribution in [2.45, 2.75) is 0 Å². The first kappa shape index (κ1) is 19.0. The van der Waals surface area contributed by atoms with Gasteiger partial charge in [-0.15, -0.1) is 0 Å². The molecule has 0 bridgehead atoms. The fourth-order valence-electron chi connectivity index (χ4n) is 2.90. The smallest absolute Gasteiger partial charge is 0.164 e. The third-order valence-corrected chi connectivity index (χ3v) is 4.30. The zero-order chi connectivity index (χ0) is 20.3. The first-order valence-electron chi connectivity index (χ1n) is 8.29. The molecule has 142 valence electrons. The molecule has 6 nitrogen and oxygen atoms in total. The summed E-state index contributed by atoms with van der Waals surface area (Å²) in [6.07, 6.45) is 0. The average Bonchev–Trinajstić information content (AvgIpc) is 2.72. The number of nitrogens with zero attached hydrogens (tertiary/aromatic N) is 2. The van der Waals surface area contributed by atoms with Crippen LogP contribution in [0.25, 0.3) is 22.4 Å². The molecule has 0 unspecified atom stereocenters. The summed E-state index contributed by atoms with van der Waals surface area (Å²) in [5.74, 6) is 1.15. The molecule has 3 aromatic rings. The van der Waals surface area contributed by atoms with Crippen LogP contribution in [0.15, 0.2) is 42.5 Å². The summed E-state index contributed by atoms with van der Waals surface area (Å²) in [7, 11) is 4.56. The Hall–Kier alpha value is -3.79. The van der Waals surface area contributed by atoms with Crippen molar-refractivity contribution in [3.63, 3.8) is 0 Å². The molecule has 0 saturated carbocycles. The molecule has 1 heterocycles. The van der Waals surface area contributed by atoms with Crippen molar-refractivity contribution in [2.75, 3.05) is 27.1 Å². The number of nitriles is 1. The van der Waals surface area contributed by atoms with Crippen molar-refractivity contribution < 1.29 is 18.6 Å². The molecule has 1 aromatic heterocycles. The van der Waals surface area contributed by atoms with Gasteiger partial charge in [0.1, 0.15) is 29.0 Å². The van der Waals surface area contributed by atoms with E-state index < -0.39 is 0 Å². The number of hydrogen-bond acceptors (Lipinski definition) is 6. The lowest BCUT2D eigenvalue weighted by molar-refractivity contribution is 0.349. The average molecular weight is 379 g/mol. The second kappa shape index (κ2) is 7.84. The van der Waals surface area contributed by atoms with E-state index >= 15 is 0 Å². The van der Waals surface area contributed by atoms with Crippen LogP contribution in [0.2, 0.25) is 0 Å². The van der Waals surface area contributed by atoms with Gasteiger partial charge in [-0.2, -0.15) is 5.26 Å². The van der Waals surface area contributed by atoms with Gasteiger partial charge in [0.2, 0.25) is 0 Å². The van der Waals surface area contributed by atoms with E-state index in [1.807, 2.05) is 0 Å². The van der Waals surface area contributed by atoms with E-state index in [-0.39, 0.29) is 17.2 Å². The molecule has 0 amide bonds. The van der Waals surface area contributed by atoms with Gasteiger partial charge in [-0.1, -0.05) is 0 Å². The number of nitrogen functional groups attached to an aromatic ring is 1. The second-order valence-electron chi connectivity index (χ2n) is 5.84. The largest absolute Gasteiger partial charge is 0.496 e. The molecule has 0 atom stereocenters. The predicted octanol–water partition coefficient (Wildman–Crippen LogP) is 4.03. The van der Waals surface area contributed by atoms with Crippen LogP contribution in [-0.4, -0.2) is 26.3 Å². The number of pyridine rings is 1. The van der Waals surface area contributed by atoms with Gasteiger partial charge in [0.15, 0.2) is 11.5 Å². The van der Waals surface area contributed by atoms with Gasteiger partial charge in [-0.25, -0.2) is 9.37 Å². The van der Waals surface area contributed by atoms with Crippen LogP contribution in [0, 0.1) is 17.1 Å². The maximum absolute atomic E-state index is 13.3. The number of halogens is 1. The van der Waals surface area contributed by atoms with Gasteiger partial charge in [-0.3, -0.25) is 0 Å². The molecule has 0 radical (unpaired) electrons. The molecule has 3 rings (SSSR count). The van der Waals surface area contributed by atoms with Gasteiger partial charge in [-0.05, 0) is 36.4 Å². The number of hydrogen-bond donors (Lipinski definition) is 1. The van der Waals surface area contributed by atoms with Crippen LogP contribution < -0.4 is 19.9 Å². The van der Waals surface area contributed by atoms with Gasteiger partial charge < -0.3 is 19.9 Å². The van der Waals surface area contributed by atoms with Crippen LogP contribution in [-0.2, 0) is 0 Å². The summed E-state index contributed by atoms with van der Waals surface area (Å²) >= 11 is 0. The zero-order valence-corrected chi connectivity index (χ0v) is 15.6. The number of ether oxygens (including phenoxy) is 3. The van der Waals surface area contributed by atoms with E-state index in [1.54, 1.807) is 30.3 Å². The number of aromatic nitrogens is 1. The minimum absolute atomic E-state index is 0.0659. The summed E-state index contributed by atoms with van der Waals surface area (Å²) in [5, 5.41) is 9.63. The Labute approximate surface area is 161 Å². The van der Waals surface area contributed by atoms with Crippen LogP contribution in [0.5, 0.6) is 17.2 Å². The van der Waals surface area contributed by atoms with Crippen molar-refractivity contribution in [3.8, 4) is 45.7 Å². The van der Waals surface area contributed by atoms with Crippen LogP contribution >= 0.6 is 0 Å². The Kier molecular flexibility index (Phi) is 5.32. The summed E-state index contributed by atoms with van der Waals surface area (Å²) < 4.78 is 29.4.